The first-order chi connectivity index (χ1) is 10.1. The quantitative estimate of drug-likeness (QED) is 0.259. The number of benzene rings is 1. The van der Waals surface area contributed by atoms with Crippen LogP contribution in [0.25, 0.3) is 0 Å². The number of hydrogen-bond acceptors (Lipinski definition) is 3. The van der Waals surface area contributed by atoms with Gasteiger partial charge in [0, 0.05) is 12.0 Å². The molecule has 0 aromatic heterocycles. The average Bonchev–Trinajstić information content (AvgIpc) is 2.48. The molecular formula is C18H29NO2. The lowest BCUT2D eigenvalue weighted by Gasteiger charge is -2.04. The van der Waals surface area contributed by atoms with Crippen LogP contribution >= 0.6 is 0 Å². The molecule has 0 aliphatic carbocycles. The molecule has 0 bridgehead atoms. The maximum atomic E-state index is 12.0. The van der Waals surface area contributed by atoms with Gasteiger partial charge in [0.15, 0.2) is 5.78 Å². The molecule has 1 aromatic rings. The molecule has 3 heteroatoms. The minimum Gasteiger partial charge on any atom is -0.506 e. The van der Waals surface area contributed by atoms with Gasteiger partial charge in [0.05, 0.1) is 5.69 Å². The largest absolute Gasteiger partial charge is 0.506 e. The van der Waals surface area contributed by atoms with Crippen LogP contribution in [0.1, 0.15) is 81.5 Å². The van der Waals surface area contributed by atoms with Crippen molar-refractivity contribution in [2.24, 2.45) is 0 Å². The van der Waals surface area contributed by atoms with Crippen LogP contribution in [0.4, 0.5) is 5.69 Å². The van der Waals surface area contributed by atoms with Crippen molar-refractivity contribution in [3.63, 3.8) is 0 Å². The summed E-state index contributed by atoms with van der Waals surface area (Å²) < 4.78 is 0. The van der Waals surface area contributed by atoms with Gasteiger partial charge in [-0.1, -0.05) is 58.3 Å². The molecule has 3 N–H and O–H groups in total. The third-order valence-corrected chi connectivity index (χ3v) is 3.86. The summed E-state index contributed by atoms with van der Waals surface area (Å²) in [7, 11) is 0. The number of unbranched alkanes of at least 4 members (excludes halogenated alkanes) is 8. The standard InChI is InChI=1S/C18H29NO2/c1-2-3-4-5-6-7-8-9-10-11-17(20)15-12-13-18(21)16(19)14-15/h12-14,21H,2-11,19H2,1H3. The topological polar surface area (TPSA) is 63.3 Å². The van der Waals surface area contributed by atoms with Crippen LogP contribution in [-0.4, -0.2) is 10.9 Å². The molecule has 0 saturated heterocycles. The van der Waals surface area contributed by atoms with E-state index in [1.807, 2.05) is 0 Å². The first-order valence-electron chi connectivity index (χ1n) is 8.27. The van der Waals surface area contributed by atoms with Crippen molar-refractivity contribution in [3.05, 3.63) is 23.8 Å². The third-order valence-electron chi connectivity index (χ3n) is 3.86. The second-order valence-corrected chi connectivity index (χ2v) is 5.78. The second-order valence-electron chi connectivity index (χ2n) is 5.78. The minimum absolute atomic E-state index is 0.0367. The SMILES string of the molecule is CCCCCCCCCCCC(=O)c1ccc(O)c(N)c1. The molecule has 0 spiro atoms. The second kappa shape index (κ2) is 10.3. The zero-order chi connectivity index (χ0) is 15.5. The molecule has 0 atom stereocenters. The van der Waals surface area contributed by atoms with E-state index in [0.29, 0.717) is 12.0 Å². The smallest absolute Gasteiger partial charge is 0.162 e. The molecule has 3 nitrogen and oxygen atoms in total. The molecule has 1 rings (SSSR count). The number of aromatic hydroxyl groups is 1. The summed E-state index contributed by atoms with van der Waals surface area (Å²) in [5.41, 5.74) is 6.47. The van der Waals surface area contributed by atoms with Gasteiger partial charge in [-0.25, -0.2) is 0 Å². The Bertz CT molecular complexity index is 429. The van der Waals surface area contributed by atoms with Crippen LogP contribution < -0.4 is 5.73 Å². The maximum absolute atomic E-state index is 12.0. The minimum atomic E-state index is 0.0367. The van der Waals surface area contributed by atoms with Gasteiger partial charge in [-0.3, -0.25) is 4.79 Å². The van der Waals surface area contributed by atoms with Crippen LogP contribution in [0.5, 0.6) is 5.75 Å². The van der Waals surface area contributed by atoms with E-state index in [2.05, 4.69) is 6.92 Å². The molecule has 0 saturated carbocycles. The Kier molecular flexibility index (Phi) is 8.56. The van der Waals surface area contributed by atoms with E-state index in [0.717, 1.165) is 12.8 Å². The number of anilines is 1. The van der Waals surface area contributed by atoms with Gasteiger partial charge in [-0.2, -0.15) is 0 Å². The van der Waals surface area contributed by atoms with Crippen LogP contribution in [0.2, 0.25) is 0 Å². The molecule has 0 radical (unpaired) electrons. The normalized spacial score (nSPS) is 10.7. The van der Waals surface area contributed by atoms with Crippen molar-refractivity contribution in [2.45, 2.75) is 71.1 Å². The first kappa shape index (κ1) is 17.5. The van der Waals surface area contributed by atoms with Gasteiger partial charge in [-0.15, -0.1) is 0 Å². The lowest BCUT2D eigenvalue weighted by atomic mass is 10.0. The molecule has 1 aromatic carbocycles. The highest BCUT2D eigenvalue weighted by molar-refractivity contribution is 5.97. The Balaban J connectivity index is 2.09. The fourth-order valence-corrected chi connectivity index (χ4v) is 2.47. The van der Waals surface area contributed by atoms with Crippen molar-refractivity contribution in [1.29, 1.82) is 0 Å². The van der Waals surface area contributed by atoms with Crippen molar-refractivity contribution in [3.8, 4) is 5.75 Å². The van der Waals surface area contributed by atoms with Crippen LogP contribution in [-0.2, 0) is 0 Å². The molecule has 0 heterocycles. The molecule has 0 aliphatic heterocycles. The highest BCUT2D eigenvalue weighted by Gasteiger charge is 2.07. The number of phenols is 1. The number of phenolic OH excluding ortho intramolecular Hbond substituents is 1. The molecule has 0 unspecified atom stereocenters. The van der Waals surface area contributed by atoms with Crippen molar-refractivity contribution < 1.29 is 9.90 Å². The molecule has 0 fully saturated rings. The average molecular weight is 291 g/mol. The third kappa shape index (κ3) is 7.16. The highest BCUT2D eigenvalue weighted by Crippen LogP contribution is 2.21. The van der Waals surface area contributed by atoms with Gasteiger partial charge in [-0.05, 0) is 24.6 Å². The number of nitrogens with two attached hydrogens (primary N) is 1. The Morgan fingerprint density at radius 3 is 2.14 bits per heavy atom. The monoisotopic (exact) mass is 291 g/mol. The summed E-state index contributed by atoms with van der Waals surface area (Å²) in [6.45, 7) is 2.23. The lowest BCUT2D eigenvalue weighted by Crippen LogP contribution is -2.00. The van der Waals surface area contributed by atoms with E-state index in [1.54, 1.807) is 12.1 Å². The van der Waals surface area contributed by atoms with Crippen molar-refractivity contribution >= 4 is 11.5 Å². The van der Waals surface area contributed by atoms with Crippen molar-refractivity contribution in [2.75, 3.05) is 5.73 Å². The Hall–Kier alpha value is -1.51. The Morgan fingerprint density at radius 2 is 1.57 bits per heavy atom. The van der Waals surface area contributed by atoms with Crippen LogP contribution in [0, 0.1) is 0 Å². The van der Waals surface area contributed by atoms with E-state index < -0.39 is 0 Å². The van der Waals surface area contributed by atoms with Gasteiger partial charge >= 0.3 is 0 Å². The van der Waals surface area contributed by atoms with E-state index in [1.165, 1.54) is 51.0 Å². The molecule has 118 valence electrons. The van der Waals surface area contributed by atoms with E-state index in [4.69, 9.17) is 5.73 Å². The fraction of sp³-hybridized carbons (Fsp3) is 0.611. The highest BCUT2D eigenvalue weighted by atomic mass is 16.3. The van der Waals surface area contributed by atoms with Crippen LogP contribution in [0.3, 0.4) is 0 Å². The lowest BCUT2D eigenvalue weighted by molar-refractivity contribution is 0.0979. The number of carbonyl (C=O) groups is 1. The predicted octanol–water partition coefficient (Wildman–Crippen LogP) is 5.08. The summed E-state index contributed by atoms with van der Waals surface area (Å²) in [5.74, 6) is 0.152. The van der Waals surface area contributed by atoms with Gasteiger partial charge in [0.2, 0.25) is 0 Å². The summed E-state index contributed by atoms with van der Waals surface area (Å²) in [6.07, 6.45) is 11.8. The number of carbonyl (C=O) groups excluding carboxylic acids is 1. The number of nitrogen functional groups attached to an aromatic ring is 1. The Labute approximate surface area is 128 Å². The zero-order valence-electron chi connectivity index (χ0n) is 13.2. The maximum Gasteiger partial charge on any atom is 0.162 e. The van der Waals surface area contributed by atoms with E-state index >= 15 is 0 Å². The Morgan fingerprint density at radius 1 is 1.00 bits per heavy atom. The molecule has 0 amide bonds. The van der Waals surface area contributed by atoms with Gasteiger partial charge in [0.25, 0.3) is 0 Å². The first-order valence-corrected chi connectivity index (χ1v) is 8.27. The number of rotatable bonds is 11. The molecular weight excluding hydrogens is 262 g/mol. The van der Waals surface area contributed by atoms with Crippen LogP contribution in [0.15, 0.2) is 18.2 Å². The summed E-state index contributed by atoms with van der Waals surface area (Å²) in [4.78, 5) is 12.0. The summed E-state index contributed by atoms with van der Waals surface area (Å²) >= 11 is 0. The summed E-state index contributed by atoms with van der Waals surface area (Å²) in [6, 6.07) is 4.69. The zero-order valence-corrected chi connectivity index (χ0v) is 13.2. The van der Waals surface area contributed by atoms with E-state index in [9.17, 15) is 9.90 Å². The predicted molar refractivity (Wildman–Crippen MR) is 88.7 cm³/mol. The summed E-state index contributed by atoms with van der Waals surface area (Å²) in [5, 5.41) is 9.34. The van der Waals surface area contributed by atoms with Gasteiger partial charge < -0.3 is 10.8 Å². The van der Waals surface area contributed by atoms with Crippen molar-refractivity contribution in [1.82, 2.24) is 0 Å². The molecule has 21 heavy (non-hydrogen) atoms. The number of hydrogen-bond donors (Lipinski definition) is 2. The van der Waals surface area contributed by atoms with Gasteiger partial charge in [0.1, 0.15) is 5.75 Å². The van der Waals surface area contributed by atoms with E-state index in [-0.39, 0.29) is 17.2 Å². The molecule has 0 aliphatic rings. The number of ketones is 1. The number of Topliss-reactive ketones (excluding diaryl/α,β-unsaturated/α-hetero) is 1. The fourth-order valence-electron chi connectivity index (χ4n) is 2.47.